The molecular formula is C31H49NO5. The molecule has 37 heavy (non-hydrogen) atoms. The largest absolute Gasteiger partial charge is 0.480 e. The third-order valence-corrected chi connectivity index (χ3v) is 5.40. The Morgan fingerprint density at radius 2 is 1.38 bits per heavy atom. The second-order valence-electron chi connectivity index (χ2n) is 8.91. The van der Waals surface area contributed by atoms with E-state index in [-0.39, 0.29) is 24.5 Å². The number of hydrogen-bond acceptors (Lipinski definition) is 4. The SMILES string of the molecule is CC/C=C\C/C=C\C/C=C\C/C=C\CCC(=O)OC(/C=C\CCC)CCCCCCC(=O)NCC(=O)O. The average Bonchev–Trinajstić information content (AvgIpc) is 2.87. The van der Waals surface area contributed by atoms with E-state index in [9.17, 15) is 14.4 Å². The fourth-order valence-electron chi connectivity index (χ4n) is 3.38. The molecule has 0 saturated heterocycles. The van der Waals surface area contributed by atoms with E-state index >= 15 is 0 Å². The van der Waals surface area contributed by atoms with Gasteiger partial charge in [0.1, 0.15) is 12.6 Å². The van der Waals surface area contributed by atoms with Crippen molar-refractivity contribution in [3.63, 3.8) is 0 Å². The summed E-state index contributed by atoms with van der Waals surface area (Å²) in [4.78, 5) is 34.3. The highest BCUT2D eigenvalue weighted by molar-refractivity contribution is 5.80. The number of hydrogen-bond donors (Lipinski definition) is 2. The minimum atomic E-state index is -1.04. The Bertz CT molecular complexity index is 749. The number of carbonyl (C=O) groups is 3. The van der Waals surface area contributed by atoms with Gasteiger partial charge in [-0.1, -0.05) is 87.8 Å². The summed E-state index contributed by atoms with van der Waals surface area (Å²) in [5, 5.41) is 10.9. The molecule has 0 bridgehead atoms. The molecule has 0 aliphatic carbocycles. The van der Waals surface area contributed by atoms with Gasteiger partial charge in [0.2, 0.25) is 5.91 Å². The molecule has 6 heteroatoms. The quantitative estimate of drug-likeness (QED) is 0.0841. The number of carboxylic acids is 1. The first-order valence-corrected chi connectivity index (χ1v) is 13.9. The van der Waals surface area contributed by atoms with Crippen LogP contribution in [-0.4, -0.2) is 35.6 Å². The van der Waals surface area contributed by atoms with E-state index in [0.717, 1.165) is 70.6 Å². The van der Waals surface area contributed by atoms with Crippen molar-refractivity contribution >= 4 is 17.8 Å². The van der Waals surface area contributed by atoms with Crippen molar-refractivity contribution in [1.82, 2.24) is 5.32 Å². The van der Waals surface area contributed by atoms with Crippen LogP contribution in [0.3, 0.4) is 0 Å². The van der Waals surface area contributed by atoms with Crippen molar-refractivity contribution in [3.05, 3.63) is 60.8 Å². The minimum Gasteiger partial charge on any atom is -0.480 e. The zero-order valence-corrected chi connectivity index (χ0v) is 23.0. The van der Waals surface area contributed by atoms with Gasteiger partial charge in [0.05, 0.1) is 0 Å². The molecule has 0 aliphatic rings. The molecule has 0 saturated carbocycles. The smallest absolute Gasteiger partial charge is 0.322 e. The van der Waals surface area contributed by atoms with Crippen molar-refractivity contribution in [2.45, 2.75) is 110 Å². The number of carbonyl (C=O) groups excluding carboxylic acids is 2. The van der Waals surface area contributed by atoms with E-state index in [4.69, 9.17) is 9.84 Å². The van der Waals surface area contributed by atoms with Gasteiger partial charge in [-0.3, -0.25) is 14.4 Å². The van der Waals surface area contributed by atoms with Crippen LogP contribution in [-0.2, 0) is 19.1 Å². The average molecular weight is 516 g/mol. The van der Waals surface area contributed by atoms with Crippen molar-refractivity contribution in [2.24, 2.45) is 0 Å². The molecule has 0 aliphatic heterocycles. The van der Waals surface area contributed by atoms with Gasteiger partial charge < -0.3 is 15.2 Å². The van der Waals surface area contributed by atoms with Gasteiger partial charge in [-0.25, -0.2) is 0 Å². The van der Waals surface area contributed by atoms with Crippen LogP contribution in [0.1, 0.15) is 104 Å². The van der Waals surface area contributed by atoms with Gasteiger partial charge in [-0.15, -0.1) is 0 Å². The van der Waals surface area contributed by atoms with Crippen LogP contribution in [0.4, 0.5) is 0 Å². The van der Waals surface area contributed by atoms with E-state index in [1.807, 2.05) is 12.2 Å². The van der Waals surface area contributed by atoms with Crippen LogP contribution in [0, 0.1) is 0 Å². The number of carboxylic acid groups (broad SMARTS) is 1. The number of esters is 1. The minimum absolute atomic E-state index is 0.177. The van der Waals surface area contributed by atoms with Crippen molar-refractivity contribution in [2.75, 3.05) is 6.54 Å². The van der Waals surface area contributed by atoms with E-state index < -0.39 is 5.97 Å². The van der Waals surface area contributed by atoms with E-state index in [1.54, 1.807) is 0 Å². The number of allylic oxidation sites excluding steroid dienone is 9. The van der Waals surface area contributed by atoms with E-state index in [2.05, 4.69) is 67.8 Å². The molecule has 0 spiro atoms. The molecule has 1 atom stereocenters. The maximum Gasteiger partial charge on any atom is 0.322 e. The Morgan fingerprint density at radius 3 is 2.00 bits per heavy atom. The molecular weight excluding hydrogens is 466 g/mol. The molecule has 0 fully saturated rings. The molecule has 6 nitrogen and oxygen atoms in total. The summed E-state index contributed by atoms with van der Waals surface area (Å²) in [6, 6.07) is 0. The fourth-order valence-corrected chi connectivity index (χ4v) is 3.38. The van der Waals surface area contributed by atoms with E-state index in [1.165, 1.54) is 0 Å². The van der Waals surface area contributed by atoms with Crippen molar-refractivity contribution in [3.8, 4) is 0 Å². The van der Waals surface area contributed by atoms with Gasteiger partial charge >= 0.3 is 11.9 Å². The first-order valence-electron chi connectivity index (χ1n) is 13.9. The number of rotatable bonds is 23. The molecule has 0 heterocycles. The van der Waals surface area contributed by atoms with Crippen LogP contribution in [0.5, 0.6) is 0 Å². The predicted molar refractivity (Wildman–Crippen MR) is 152 cm³/mol. The molecule has 0 aromatic rings. The van der Waals surface area contributed by atoms with Crippen molar-refractivity contribution in [1.29, 1.82) is 0 Å². The van der Waals surface area contributed by atoms with Crippen molar-refractivity contribution < 1.29 is 24.2 Å². The Kier molecular flexibility index (Phi) is 24.1. The lowest BCUT2D eigenvalue weighted by atomic mass is 10.1. The monoisotopic (exact) mass is 515 g/mol. The van der Waals surface area contributed by atoms with Crippen LogP contribution >= 0.6 is 0 Å². The number of ether oxygens (including phenoxy) is 1. The number of nitrogens with one attached hydrogen (secondary N) is 1. The lowest BCUT2D eigenvalue weighted by Gasteiger charge is -2.14. The molecule has 0 aromatic carbocycles. The Balaban J connectivity index is 4.11. The molecule has 0 radical (unpaired) electrons. The summed E-state index contributed by atoms with van der Waals surface area (Å²) in [5.41, 5.74) is 0. The number of aliphatic carboxylic acids is 1. The van der Waals surface area contributed by atoms with Gasteiger partial charge in [0, 0.05) is 12.8 Å². The molecule has 2 N–H and O–H groups in total. The van der Waals surface area contributed by atoms with E-state index in [0.29, 0.717) is 19.3 Å². The van der Waals surface area contributed by atoms with Crippen LogP contribution < -0.4 is 5.32 Å². The third kappa shape index (κ3) is 26.0. The van der Waals surface area contributed by atoms with Crippen LogP contribution in [0.15, 0.2) is 60.8 Å². The van der Waals surface area contributed by atoms with Gasteiger partial charge in [0.15, 0.2) is 0 Å². The Morgan fingerprint density at radius 1 is 0.757 bits per heavy atom. The first-order chi connectivity index (χ1) is 18.0. The summed E-state index contributed by atoms with van der Waals surface area (Å²) >= 11 is 0. The van der Waals surface area contributed by atoms with Gasteiger partial charge in [-0.2, -0.15) is 0 Å². The first kappa shape index (κ1) is 34.1. The maximum atomic E-state index is 12.3. The molecule has 208 valence electrons. The zero-order chi connectivity index (χ0) is 27.4. The molecule has 1 unspecified atom stereocenters. The van der Waals surface area contributed by atoms with Gasteiger partial charge in [-0.05, 0) is 63.9 Å². The third-order valence-electron chi connectivity index (χ3n) is 5.40. The highest BCUT2D eigenvalue weighted by atomic mass is 16.5. The fraction of sp³-hybridized carbons (Fsp3) is 0.581. The molecule has 1 amide bonds. The summed E-state index contributed by atoms with van der Waals surface area (Å²) in [7, 11) is 0. The molecule has 0 aromatic heterocycles. The van der Waals surface area contributed by atoms with Gasteiger partial charge in [0.25, 0.3) is 0 Å². The summed E-state index contributed by atoms with van der Waals surface area (Å²) in [6.45, 7) is 3.91. The zero-order valence-electron chi connectivity index (χ0n) is 23.0. The highest BCUT2D eigenvalue weighted by Crippen LogP contribution is 2.13. The Hall–Kier alpha value is -2.89. The summed E-state index contributed by atoms with van der Waals surface area (Å²) in [5.74, 6) is -1.45. The topological polar surface area (TPSA) is 92.7 Å². The Labute approximate surface area is 224 Å². The highest BCUT2D eigenvalue weighted by Gasteiger charge is 2.11. The lowest BCUT2D eigenvalue weighted by molar-refractivity contribution is -0.147. The maximum absolute atomic E-state index is 12.3. The second-order valence-corrected chi connectivity index (χ2v) is 8.91. The number of unbranched alkanes of at least 4 members (excludes halogenated alkanes) is 4. The summed E-state index contributed by atoms with van der Waals surface area (Å²) < 4.78 is 5.70. The number of amides is 1. The molecule has 0 rings (SSSR count). The standard InChI is InChI=1S/C31H49NO5/c1-3-5-7-8-9-10-11-12-13-14-15-16-22-26-31(36)37-28(23-19-6-4-2)24-20-17-18-21-25-29(33)32-27-30(34)35/h5,7,9-10,12-13,15-16,19,23,28H,3-4,6,8,11,14,17-18,20-22,24-27H2,1-2H3,(H,32,33)(H,34,35)/b7-5-,10-9-,13-12-,16-15-,23-19-. The summed E-state index contributed by atoms with van der Waals surface area (Å²) in [6.07, 6.45) is 32.4. The van der Waals surface area contributed by atoms with Crippen LogP contribution in [0.25, 0.3) is 0 Å². The lowest BCUT2D eigenvalue weighted by Crippen LogP contribution is -2.28. The normalized spacial score (nSPS) is 12.9. The predicted octanol–water partition coefficient (Wildman–Crippen LogP) is 7.38. The van der Waals surface area contributed by atoms with Crippen LogP contribution in [0.2, 0.25) is 0 Å². The second kappa shape index (κ2) is 26.2.